The number of hydrogen-bond acceptors (Lipinski definition) is 4. The second-order valence-corrected chi connectivity index (χ2v) is 6.11. The van der Waals surface area contributed by atoms with Gasteiger partial charge in [-0.05, 0) is 51.4 Å². The Hall–Kier alpha value is -1.10. The van der Waals surface area contributed by atoms with E-state index in [0.29, 0.717) is 12.6 Å². The number of rotatable bonds is 7. The molecular formula is C17H27NO3. The molecule has 1 heterocycles. The lowest BCUT2D eigenvalue weighted by Gasteiger charge is -2.23. The summed E-state index contributed by atoms with van der Waals surface area (Å²) in [5, 5.41) is 10.3. The minimum atomic E-state index is -0.482. The van der Waals surface area contributed by atoms with Crippen LogP contribution in [0.1, 0.15) is 38.4 Å². The molecule has 4 nitrogen and oxygen atoms in total. The molecule has 1 aromatic carbocycles. The number of aliphatic hydroxyl groups excluding tert-OH is 1. The lowest BCUT2D eigenvalue weighted by atomic mass is 10.1. The van der Waals surface area contributed by atoms with E-state index >= 15 is 0 Å². The van der Waals surface area contributed by atoms with Crippen LogP contribution in [0.3, 0.4) is 0 Å². The summed E-state index contributed by atoms with van der Waals surface area (Å²) in [6, 6.07) is 7.70. The van der Waals surface area contributed by atoms with Crippen molar-refractivity contribution in [3.05, 3.63) is 29.8 Å². The highest BCUT2D eigenvalue weighted by Gasteiger charge is 2.19. The van der Waals surface area contributed by atoms with E-state index in [9.17, 15) is 5.11 Å². The summed E-state index contributed by atoms with van der Waals surface area (Å²) in [4.78, 5) is 2.14. The lowest BCUT2D eigenvalue weighted by Crippen LogP contribution is -2.32. The Morgan fingerprint density at radius 3 is 2.62 bits per heavy atom. The predicted molar refractivity (Wildman–Crippen MR) is 83.6 cm³/mol. The van der Waals surface area contributed by atoms with Crippen molar-refractivity contribution in [1.82, 2.24) is 4.90 Å². The number of aliphatic hydroxyl groups is 1. The Morgan fingerprint density at radius 1 is 1.33 bits per heavy atom. The normalized spacial score (nSPS) is 20.2. The first kappa shape index (κ1) is 16.3. The second-order valence-electron chi connectivity index (χ2n) is 6.11. The number of nitrogens with zero attached hydrogens (tertiary/aromatic N) is 1. The number of ether oxygens (including phenoxy) is 2. The molecule has 0 aromatic heterocycles. The van der Waals surface area contributed by atoms with Crippen molar-refractivity contribution in [3.63, 3.8) is 0 Å². The van der Waals surface area contributed by atoms with Gasteiger partial charge in [0.1, 0.15) is 5.75 Å². The molecule has 2 atom stereocenters. The molecule has 0 amide bonds. The van der Waals surface area contributed by atoms with Crippen molar-refractivity contribution in [3.8, 4) is 5.75 Å². The zero-order chi connectivity index (χ0) is 15.2. The van der Waals surface area contributed by atoms with Gasteiger partial charge in [0.2, 0.25) is 0 Å². The quantitative estimate of drug-likeness (QED) is 0.839. The van der Waals surface area contributed by atoms with Gasteiger partial charge in [-0.1, -0.05) is 12.1 Å². The Kier molecular flexibility index (Phi) is 6.03. The van der Waals surface area contributed by atoms with Gasteiger partial charge in [0, 0.05) is 19.7 Å². The van der Waals surface area contributed by atoms with Crippen LogP contribution in [-0.2, 0) is 4.74 Å². The molecule has 118 valence electrons. The highest BCUT2D eigenvalue weighted by molar-refractivity contribution is 5.28. The Morgan fingerprint density at radius 2 is 2.05 bits per heavy atom. The van der Waals surface area contributed by atoms with Crippen molar-refractivity contribution in [1.29, 1.82) is 0 Å². The smallest absolute Gasteiger partial charge is 0.119 e. The monoisotopic (exact) mass is 293 g/mol. The molecule has 1 saturated heterocycles. The summed E-state index contributed by atoms with van der Waals surface area (Å²) >= 11 is 0. The van der Waals surface area contributed by atoms with E-state index in [1.54, 1.807) is 0 Å². The van der Waals surface area contributed by atoms with E-state index in [4.69, 9.17) is 9.47 Å². The Labute approximate surface area is 127 Å². The summed E-state index contributed by atoms with van der Waals surface area (Å²) in [7, 11) is 2.03. The largest absolute Gasteiger partial charge is 0.491 e. The van der Waals surface area contributed by atoms with E-state index in [1.165, 1.54) is 0 Å². The highest BCUT2D eigenvalue weighted by Crippen LogP contribution is 2.20. The topological polar surface area (TPSA) is 41.9 Å². The molecule has 1 aliphatic heterocycles. The zero-order valence-corrected chi connectivity index (χ0v) is 13.3. The highest BCUT2D eigenvalue weighted by atomic mass is 16.5. The third-order valence-electron chi connectivity index (χ3n) is 3.66. The summed E-state index contributed by atoms with van der Waals surface area (Å²) in [5.74, 6) is 0.841. The van der Waals surface area contributed by atoms with Crippen molar-refractivity contribution < 1.29 is 14.6 Å². The minimum absolute atomic E-state index is 0.165. The summed E-state index contributed by atoms with van der Waals surface area (Å²) < 4.78 is 11.2. The average Bonchev–Trinajstić information content (AvgIpc) is 2.91. The van der Waals surface area contributed by atoms with Crippen LogP contribution in [0.2, 0.25) is 0 Å². The molecule has 1 N–H and O–H groups in total. The van der Waals surface area contributed by atoms with E-state index in [1.807, 2.05) is 45.2 Å². The predicted octanol–water partition coefficient (Wildman–Crippen LogP) is 2.62. The van der Waals surface area contributed by atoms with Gasteiger partial charge in [0.25, 0.3) is 0 Å². The van der Waals surface area contributed by atoms with Crippen molar-refractivity contribution >= 4 is 0 Å². The van der Waals surface area contributed by atoms with Crippen LogP contribution in [0.25, 0.3) is 0 Å². The molecule has 0 saturated carbocycles. The molecule has 1 aromatic rings. The molecule has 4 heteroatoms. The standard InChI is InChI=1S/C17H27NO3/c1-13(2)21-15-8-6-14(7-9-15)17(19)12-18(3)11-16-5-4-10-20-16/h6-9,13,16-17,19H,4-5,10-12H2,1-3H3. The molecule has 2 rings (SSSR count). The van der Waals surface area contributed by atoms with Gasteiger partial charge in [0.15, 0.2) is 0 Å². The molecule has 1 fully saturated rings. The van der Waals surface area contributed by atoms with Crippen molar-refractivity contribution in [2.45, 2.75) is 45.0 Å². The van der Waals surface area contributed by atoms with Crippen LogP contribution in [0.5, 0.6) is 5.75 Å². The molecule has 0 spiro atoms. The van der Waals surface area contributed by atoms with Crippen LogP contribution in [0.4, 0.5) is 0 Å². The van der Waals surface area contributed by atoms with E-state index in [2.05, 4.69) is 4.90 Å². The van der Waals surface area contributed by atoms with Crippen molar-refractivity contribution in [2.24, 2.45) is 0 Å². The average molecular weight is 293 g/mol. The zero-order valence-electron chi connectivity index (χ0n) is 13.3. The first-order valence-electron chi connectivity index (χ1n) is 7.79. The van der Waals surface area contributed by atoms with E-state index < -0.39 is 6.10 Å². The first-order valence-corrected chi connectivity index (χ1v) is 7.79. The molecule has 2 unspecified atom stereocenters. The fourth-order valence-electron chi connectivity index (χ4n) is 2.65. The minimum Gasteiger partial charge on any atom is -0.491 e. The molecule has 0 radical (unpaired) electrons. The van der Waals surface area contributed by atoms with Crippen LogP contribution in [-0.4, -0.2) is 49.0 Å². The third-order valence-corrected chi connectivity index (χ3v) is 3.66. The molecule has 21 heavy (non-hydrogen) atoms. The van der Waals surface area contributed by atoms with Gasteiger partial charge < -0.3 is 19.5 Å². The first-order chi connectivity index (χ1) is 10.0. The number of hydrogen-bond donors (Lipinski definition) is 1. The van der Waals surface area contributed by atoms with Gasteiger partial charge in [0.05, 0.1) is 18.3 Å². The lowest BCUT2D eigenvalue weighted by molar-refractivity contribution is 0.0602. The van der Waals surface area contributed by atoms with Gasteiger partial charge in [-0.25, -0.2) is 0 Å². The maximum absolute atomic E-state index is 10.3. The van der Waals surface area contributed by atoms with Crippen LogP contribution in [0.15, 0.2) is 24.3 Å². The third kappa shape index (κ3) is 5.30. The summed E-state index contributed by atoms with van der Waals surface area (Å²) in [6.07, 6.45) is 2.28. The Balaban J connectivity index is 1.82. The number of likely N-dealkylation sites (N-methyl/N-ethyl adjacent to an activating group) is 1. The summed E-state index contributed by atoms with van der Waals surface area (Å²) in [5.41, 5.74) is 0.922. The van der Waals surface area contributed by atoms with Gasteiger partial charge in [-0.3, -0.25) is 0 Å². The maximum atomic E-state index is 10.3. The Bertz CT molecular complexity index is 413. The van der Waals surface area contributed by atoms with Crippen LogP contribution >= 0.6 is 0 Å². The van der Waals surface area contributed by atoms with Gasteiger partial charge >= 0.3 is 0 Å². The van der Waals surface area contributed by atoms with E-state index in [0.717, 1.165) is 37.3 Å². The SMILES string of the molecule is CC(C)Oc1ccc(C(O)CN(C)CC2CCCO2)cc1. The molecule has 0 aliphatic carbocycles. The van der Waals surface area contributed by atoms with Crippen molar-refractivity contribution in [2.75, 3.05) is 26.7 Å². The number of benzene rings is 1. The van der Waals surface area contributed by atoms with Gasteiger partial charge in [-0.15, -0.1) is 0 Å². The van der Waals surface area contributed by atoms with Crippen LogP contribution < -0.4 is 4.74 Å². The molecule has 1 aliphatic rings. The molecule has 0 bridgehead atoms. The van der Waals surface area contributed by atoms with E-state index in [-0.39, 0.29) is 6.10 Å². The fraction of sp³-hybridized carbons (Fsp3) is 0.647. The molecular weight excluding hydrogens is 266 g/mol. The van der Waals surface area contributed by atoms with Gasteiger partial charge in [-0.2, -0.15) is 0 Å². The summed E-state index contributed by atoms with van der Waals surface area (Å²) in [6.45, 7) is 6.37. The second kappa shape index (κ2) is 7.78. The van der Waals surface area contributed by atoms with Crippen LogP contribution in [0, 0.1) is 0 Å². The fourth-order valence-corrected chi connectivity index (χ4v) is 2.65. The maximum Gasteiger partial charge on any atom is 0.119 e.